The predicted molar refractivity (Wildman–Crippen MR) is 72.7 cm³/mol. The number of benzene rings is 1. The van der Waals surface area contributed by atoms with E-state index in [1.807, 2.05) is 7.05 Å². The molecule has 3 heteroatoms. The number of carbonyl (C=O) groups excluding carboxylic acids is 1. The van der Waals surface area contributed by atoms with E-state index in [0.717, 1.165) is 24.6 Å². The van der Waals surface area contributed by atoms with Crippen LogP contribution in [0.25, 0.3) is 0 Å². The number of nitrogens with zero attached hydrogens (tertiary/aromatic N) is 1. The second kappa shape index (κ2) is 4.39. The molecule has 96 valence electrons. The van der Waals surface area contributed by atoms with Crippen molar-refractivity contribution in [3.8, 4) is 0 Å². The summed E-state index contributed by atoms with van der Waals surface area (Å²) in [5.41, 5.74) is 9.36. The molecule has 1 aromatic carbocycles. The van der Waals surface area contributed by atoms with Crippen LogP contribution in [-0.4, -0.2) is 19.5 Å². The van der Waals surface area contributed by atoms with Crippen LogP contribution in [0.15, 0.2) is 18.2 Å². The molecule has 0 radical (unpaired) electrons. The zero-order chi connectivity index (χ0) is 12.7. The lowest BCUT2D eigenvalue weighted by Gasteiger charge is -2.17. The van der Waals surface area contributed by atoms with Crippen molar-refractivity contribution in [2.75, 3.05) is 18.5 Å². The minimum Gasteiger partial charge on any atom is -0.330 e. The molecule has 1 aromatic rings. The average Bonchev–Trinajstić information content (AvgIpc) is 3.15. The molecule has 0 aromatic heterocycles. The van der Waals surface area contributed by atoms with Gasteiger partial charge in [-0.25, -0.2) is 0 Å². The molecular formula is C15H20N2O. The second-order valence-corrected chi connectivity index (χ2v) is 5.54. The quantitative estimate of drug-likeness (QED) is 0.881. The zero-order valence-electron chi connectivity index (χ0n) is 10.9. The first kappa shape index (κ1) is 11.7. The third-order valence-corrected chi connectivity index (χ3v) is 4.28. The van der Waals surface area contributed by atoms with Gasteiger partial charge in [0.2, 0.25) is 5.91 Å². The molecule has 1 fully saturated rings. The first-order valence-corrected chi connectivity index (χ1v) is 6.80. The van der Waals surface area contributed by atoms with Crippen molar-refractivity contribution in [3.05, 3.63) is 29.3 Å². The van der Waals surface area contributed by atoms with Gasteiger partial charge in [-0.2, -0.15) is 0 Å². The molecule has 1 saturated carbocycles. The fourth-order valence-electron chi connectivity index (χ4n) is 3.07. The van der Waals surface area contributed by atoms with Gasteiger partial charge in [0.15, 0.2) is 0 Å². The Morgan fingerprint density at radius 3 is 2.89 bits per heavy atom. The van der Waals surface area contributed by atoms with Gasteiger partial charge in [-0.3, -0.25) is 4.79 Å². The van der Waals surface area contributed by atoms with E-state index in [1.54, 1.807) is 4.90 Å². The molecule has 0 spiro atoms. The van der Waals surface area contributed by atoms with Gasteiger partial charge < -0.3 is 10.6 Å². The molecule has 2 aliphatic rings. The second-order valence-electron chi connectivity index (χ2n) is 5.54. The first-order valence-electron chi connectivity index (χ1n) is 6.80. The van der Waals surface area contributed by atoms with E-state index in [0.29, 0.717) is 12.3 Å². The fourth-order valence-corrected chi connectivity index (χ4v) is 3.07. The van der Waals surface area contributed by atoms with E-state index in [1.165, 1.54) is 24.0 Å². The van der Waals surface area contributed by atoms with Crippen LogP contribution >= 0.6 is 0 Å². The molecular weight excluding hydrogens is 224 g/mol. The number of hydrogen-bond acceptors (Lipinski definition) is 2. The van der Waals surface area contributed by atoms with Crippen LogP contribution in [0.2, 0.25) is 0 Å². The van der Waals surface area contributed by atoms with Crippen LogP contribution in [0.4, 0.5) is 5.69 Å². The third kappa shape index (κ3) is 1.93. The van der Waals surface area contributed by atoms with E-state index in [9.17, 15) is 4.79 Å². The molecule has 18 heavy (non-hydrogen) atoms. The van der Waals surface area contributed by atoms with Crippen LogP contribution in [0.5, 0.6) is 0 Å². The topological polar surface area (TPSA) is 46.3 Å². The summed E-state index contributed by atoms with van der Waals surface area (Å²) in [6.07, 6.45) is 4.29. The Morgan fingerprint density at radius 2 is 2.22 bits per heavy atom. The largest absolute Gasteiger partial charge is 0.330 e. The highest BCUT2D eigenvalue weighted by Crippen LogP contribution is 2.45. The summed E-state index contributed by atoms with van der Waals surface area (Å²) in [7, 11) is 1.85. The van der Waals surface area contributed by atoms with Crippen molar-refractivity contribution in [2.45, 2.75) is 31.6 Å². The summed E-state index contributed by atoms with van der Waals surface area (Å²) in [6.45, 7) is 0.747. The molecule has 1 unspecified atom stereocenters. The molecule has 1 aliphatic heterocycles. The average molecular weight is 244 g/mol. The Bertz CT molecular complexity index is 479. The van der Waals surface area contributed by atoms with E-state index in [4.69, 9.17) is 5.73 Å². The molecule has 1 heterocycles. The summed E-state index contributed by atoms with van der Waals surface area (Å²) in [6, 6.07) is 6.52. The monoisotopic (exact) mass is 244 g/mol. The summed E-state index contributed by atoms with van der Waals surface area (Å²) in [5.74, 6) is 1.62. The van der Waals surface area contributed by atoms with Crippen LogP contribution in [0.1, 0.15) is 36.3 Å². The Morgan fingerprint density at radius 1 is 1.44 bits per heavy atom. The summed E-state index contributed by atoms with van der Waals surface area (Å²) >= 11 is 0. The molecule has 3 rings (SSSR count). The van der Waals surface area contributed by atoms with Crippen molar-refractivity contribution >= 4 is 11.6 Å². The minimum absolute atomic E-state index is 0.198. The van der Waals surface area contributed by atoms with Crippen molar-refractivity contribution in [1.82, 2.24) is 0 Å². The molecule has 0 bridgehead atoms. The summed E-state index contributed by atoms with van der Waals surface area (Å²) in [4.78, 5) is 13.4. The number of fused-ring (bicyclic) bond motifs is 1. The highest BCUT2D eigenvalue weighted by Gasteiger charge is 2.33. The van der Waals surface area contributed by atoms with Crippen molar-refractivity contribution in [1.29, 1.82) is 0 Å². The highest BCUT2D eigenvalue weighted by molar-refractivity contribution is 6.00. The molecule has 1 atom stereocenters. The van der Waals surface area contributed by atoms with Gasteiger partial charge in [0.1, 0.15) is 0 Å². The van der Waals surface area contributed by atoms with E-state index >= 15 is 0 Å². The van der Waals surface area contributed by atoms with Crippen LogP contribution < -0.4 is 10.6 Å². The van der Waals surface area contributed by atoms with Gasteiger partial charge in [-0.15, -0.1) is 0 Å². The third-order valence-electron chi connectivity index (χ3n) is 4.28. The maximum atomic E-state index is 11.7. The summed E-state index contributed by atoms with van der Waals surface area (Å²) < 4.78 is 0. The number of anilines is 1. The van der Waals surface area contributed by atoms with Gasteiger partial charge in [0, 0.05) is 12.7 Å². The standard InChI is InChI=1S/C15H20N2O/c1-17-14-5-4-11(8-12(14)9-15(17)18)13(6-7-16)10-2-3-10/h4-5,8,10,13H,2-3,6-7,9,16H2,1H3. The number of hydrogen-bond donors (Lipinski definition) is 1. The number of carbonyl (C=O) groups is 1. The number of amides is 1. The molecule has 0 saturated heterocycles. The number of nitrogens with two attached hydrogens (primary N) is 1. The smallest absolute Gasteiger partial charge is 0.231 e. The van der Waals surface area contributed by atoms with Crippen LogP contribution in [0, 0.1) is 5.92 Å². The predicted octanol–water partition coefficient (Wildman–Crippen LogP) is 2.05. The van der Waals surface area contributed by atoms with Crippen molar-refractivity contribution < 1.29 is 4.79 Å². The normalized spacial score (nSPS) is 20.1. The molecule has 2 N–H and O–H groups in total. The first-order chi connectivity index (χ1) is 8.70. The lowest BCUT2D eigenvalue weighted by molar-refractivity contribution is -0.117. The molecule has 1 amide bonds. The van der Waals surface area contributed by atoms with E-state index < -0.39 is 0 Å². The fraction of sp³-hybridized carbons (Fsp3) is 0.533. The van der Waals surface area contributed by atoms with Gasteiger partial charge in [-0.05, 0) is 54.8 Å². The highest BCUT2D eigenvalue weighted by atomic mass is 16.2. The number of likely N-dealkylation sites (N-methyl/N-ethyl adjacent to an activating group) is 1. The summed E-state index contributed by atoms with van der Waals surface area (Å²) in [5, 5.41) is 0. The minimum atomic E-state index is 0.198. The Balaban J connectivity index is 1.90. The van der Waals surface area contributed by atoms with E-state index in [-0.39, 0.29) is 5.91 Å². The maximum Gasteiger partial charge on any atom is 0.231 e. The Kier molecular flexibility index (Phi) is 2.86. The lowest BCUT2D eigenvalue weighted by atomic mass is 9.89. The SMILES string of the molecule is CN1C(=O)Cc2cc(C(CCN)C3CC3)ccc21. The molecule has 1 aliphatic carbocycles. The van der Waals surface area contributed by atoms with Gasteiger partial charge in [0.25, 0.3) is 0 Å². The van der Waals surface area contributed by atoms with Gasteiger partial charge in [-0.1, -0.05) is 12.1 Å². The van der Waals surface area contributed by atoms with Crippen molar-refractivity contribution in [2.24, 2.45) is 11.7 Å². The van der Waals surface area contributed by atoms with Gasteiger partial charge >= 0.3 is 0 Å². The van der Waals surface area contributed by atoms with Crippen LogP contribution in [0.3, 0.4) is 0 Å². The Labute approximate surface area is 108 Å². The Hall–Kier alpha value is -1.35. The number of rotatable bonds is 4. The van der Waals surface area contributed by atoms with E-state index in [2.05, 4.69) is 18.2 Å². The maximum absolute atomic E-state index is 11.7. The zero-order valence-corrected chi connectivity index (χ0v) is 10.9. The lowest BCUT2D eigenvalue weighted by Crippen LogP contribution is -2.20. The molecule has 3 nitrogen and oxygen atoms in total. The van der Waals surface area contributed by atoms with Crippen LogP contribution in [-0.2, 0) is 11.2 Å². The van der Waals surface area contributed by atoms with Gasteiger partial charge in [0.05, 0.1) is 6.42 Å². The van der Waals surface area contributed by atoms with Crippen molar-refractivity contribution in [3.63, 3.8) is 0 Å².